The maximum absolute atomic E-state index is 12.1. The van der Waals surface area contributed by atoms with Gasteiger partial charge < -0.3 is 15.0 Å². The zero-order chi connectivity index (χ0) is 19.7. The van der Waals surface area contributed by atoms with Gasteiger partial charge in [0.05, 0.1) is 11.7 Å². The number of benzene rings is 1. The maximum Gasteiger partial charge on any atom is 0.407 e. The van der Waals surface area contributed by atoms with Gasteiger partial charge in [0.25, 0.3) is 5.78 Å². The number of rotatable bonds is 3. The van der Waals surface area contributed by atoms with Crippen LogP contribution in [0.2, 0.25) is 0 Å². The molecule has 0 bridgehead atoms. The number of carbonyl (C=O) groups is 1. The van der Waals surface area contributed by atoms with Crippen LogP contribution in [-0.4, -0.2) is 50.4 Å². The third-order valence-electron chi connectivity index (χ3n) is 4.54. The SMILES string of the molecule is CC(C)(C)OC(=O)NC1CCN(c2cc(-c3ccccc3)nc3ncnn23)C1. The molecule has 1 amide bonds. The molecule has 2 aromatic heterocycles. The van der Waals surface area contributed by atoms with Crippen molar-refractivity contribution >= 4 is 17.7 Å². The minimum absolute atomic E-state index is 0.0155. The van der Waals surface area contributed by atoms with E-state index in [1.54, 1.807) is 4.52 Å². The molecule has 0 aliphatic carbocycles. The summed E-state index contributed by atoms with van der Waals surface area (Å²) in [5, 5.41) is 7.28. The lowest BCUT2D eigenvalue weighted by Crippen LogP contribution is -2.40. The number of aromatic nitrogens is 4. The molecule has 0 radical (unpaired) electrons. The smallest absolute Gasteiger partial charge is 0.407 e. The van der Waals surface area contributed by atoms with E-state index in [1.165, 1.54) is 6.33 Å². The van der Waals surface area contributed by atoms with E-state index in [0.717, 1.165) is 30.0 Å². The highest BCUT2D eigenvalue weighted by Gasteiger charge is 2.28. The summed E-state index contributed by atoms with van der Waals surface area (Å²) in [6.07, 6.45) is 1.95. The quantitative estimate of drug-likeness (QED) is 0.752. The monoisotopic (exact) mass is 380 g/mol. The first-order valence-corrected chi connectivity index (χ1v) is 9.40. The Morgan fingerprint density at radius 1 is 1.25 bits per heavy atom. The van der Waals surface area contributed by atoms with Gasteiger partial charge in [0, 0.05) is 24.7 Å². The second-order valence-corrected chi connectivity index (χ2v) is 7.92. The van der Waals surface area contributed by atoms with Crippen LogP contribution in [0, 0.1) is 0 Å². The Balaban J connectivity index is 1.56. The van der Waals surface area contributed by atoms with Crippen LogP contribution in [0.5, 0.6) is 0 Å². The minimum Gasteiger partial charge on any atom is -0.444 e. The number of nitrogens with one attached hydrogen (secondary N) is 1. The van der Waals surface area contributed by atoms with E-state index in [9.17, 15) is 4.79 Å². The number of hydrogen-bond acceptors (Lipinski definition) is 6. The summed E-state index contributed by atoms with van der Waals surface area (Å²) in [5.74, 6) is 1.47. The van der Waals surface area contributed by atoms with Crippen LogP contribution in [-0.2, 0) is 4.74 Å². The summed E-state index contributed by atoms with van der Waals surface area (Å²) in [6, 6.07) is 12.0. The van der Waals surface area contributed by atoms with Gasteiger partial charge in [-0.15, -0.1) is 0 Å². The molecule has 1 N–H and O–H groups in total. The molecule has 1 saturated heterocycles. The Kier molecular flexibility index (Phi) is 4.62. The summed E-state index contributed by atoms with van der Waals surface area (Å²) in [5.41, 5.74) is 1.36. The molecule has 1 aliphatic rings. The zero-order valence-corrected chi connectivity index (χ0v) is 16.3. The molecule has 28 heavy (non-hydrogen) atoms. The van der Waals surface area contributed by atoms with Crippen LogP contribution >= 0.6 is 0 Å². The molecular formula is C20H24N6O2. The summed E-state index contributed by atoms with van der Waals surface area (Å²) in [6.45, 7) is 7.05. The highest BCUT2D eigenvalue weighted by atomic mass is 16.6. The Morgan fingerprint density at radius 2 is 2.04 bits per heavy atom. The number of hydrogen-bond donors (Lipinski definition) is 1. The molecular weight excluding hydrogens is 356 g/mol. The van der Waals surface area contributed by atoms with Crippen molar-refractivity contribution in [2.24, 2.45) is 0 Å². The van der Waals surface area contributed by atoms with E-state index in [1.807, 2.05) is 57.2 Å². The largest absolute Gasteiger partial charge is 0.444 e. The molecule has 0 spiro atoms. The van der Waals surface area contributed by atoms with E-state index < -0.39 is 5.60 Å². The van der Waals surface area contributed by atoms with Crippen molar-refractivity contribution < 1.29 is 9.53 Å². The van der Waals surface area contributed by atoms with E-state index in [-0.39, 0.29) is 12.1 Å². The fourth-order valence-corrected chi connectivity index (χ4v) is 3.34. The first-order chi connectivity index (χ1) is 13.4. The van der Waals surface area contributed by atoms with Gasteiger partial charge >= 0.3 is 6.09 Å². The first kappa shape index (κ1) is 18.2. The molecule has 1 aromatic carbocycles. The number of carbonyl (C=O) groups excluding carboxylic acids is 1. The van der Waals surface area contributed by atoms with Crippen molar-refractivity contribution in [3.8, 4) is 11.3 Å². The Morgan fingerprint density at radius 3 is 2.79 bits per heavy atom. The van der Waals surface area contributed by atoms with Crippen LogP contribution in [0.4, 0.5) is 10.6 Å². The van der Waals surface area contributed by atoms with Crippen molar-refractivity contribution in [3.63, 3.8) is 0 Å². The van der Waals surface area contributed by atoms with Gasteiger partial charge in [-0.25, -0.2) is 9.78 Å². The van der Waals surface area contributed by atoms with Gasteiger partial charge in [-0.3, -0.25) is 0 Å². The van der Waals surface area contributed by atoms with E-state index in [0.29, 0.717) is 12.3 Å². The van der Waals surface area contributed by atoms with Crippen molar-refractivity contribution in [1.29, 1.82) is 0 Å². The van der Waals surface area contributed by atoms with E-state index in [2.05, 4.69) is 25.3 Å². The number of alkyl carbamates (subject to hydrolysis) is 1. The van der Waals surface area contributed by atoms with Gasteiger partial charge in [-0.1, -0.05) is 30.3 Å². The number of ether oxygens (including phenoxy) is 1. The molecule has 3 heterocycles. The van der Waals surface area contributed by atoms with Gasteiger partial charge in [0.2, 0.25) is 0 Å². The number of fused-ring (bicyclic) bond motifs is 1. The molecule has 8 nitrogen and oxygen atoms in total. The van der Waals surface area contributed by atoms with Gasteiger partial charge in [0.1, 0.15) is 17.7 Å². The topological polar surface area (TPSA) is 84.6 Å². The number of nitrogens with zero attached hydrogens (tertiary/aromatic N) is 5. The first-order valence-electron chi connectivity index (χ1n) is 9.40. The zero-order valence-electron chi connectivity index (χ0n) is 16.3. The Bertz CT molecular complexity index is 979. The normalized spacial score (nSPS) is 17.1. The predicted molar refractivity (Wildman–Crippen MR) is 106 cm³/mol. The summed E-state index contributed by atoms with van der Waals surface area (Å²) < 4.78 is 7.11. The fraction of sp³-hybridized carbons (Fsp3) is 0.400. The molecule has 8 heteroatoms. The van der Waals surface area contributed by atoms with Gasteiger partial charge in [0.15, 0.2) is 0 Å². The lowest BCUT2D eigenvalue weighted by molar-refractivity contribution is 0.0509. The summed E-state index contributed by atoms with van der Waals surface area (Å²) >= 11 is 0. The second kappa shape index (κ2) is 7.10. The van der Waals surface area contributed by atoms with Crippen molar-refractivity contribution in [3.05, 3.63) is 42.7 Å². The molecule has 1 aliphatic heterocycles. The average Bonchev–Trinajstić information content (AvgIpc) is 3.29. The molecule has 1 atom stereocenters. The number of anilines is 1. The van der Waals surface area contributed by atoms with E-state index in [4.69, 9.17) is 4.74 Å². The molecule has 1 fully saturated rings. The molecule has 146 valence electrons. The highest BCUT2D eigenvalue weighted by Crippen LogP contribution is 2.26. The van der Waals surface area contributed by atoms with Crippen LogP contribution in [0.25, 0.3) is 17.0 Å². The fourth-order valence-electron chi connectivity index (χ4n) is 3.34. The lowest BCUT2D eigenvalue weighted by Gasteiger charge is -2.22. The van der Waals surface area contributed by atoms with Crippen LogP contribution in [0.1, 0.15) is 27.2 Å². The predicted octanol–water partition coefficient (Wildman–Crippen LogP) is 2.89. The van der Waals surface area contributed by atoms with Crippen LogP contribution in [0.3, 0.4) is 0 Å². The minimum atomic E-state index is -0.509. The van der Waals surface area contributed by atoms with Gasteiger partial charge in [-0.2, -0.15) is 14.6 Å². The van der Waals surface area contributed by atoms with E-state index >= 15 is 0 Å². The third-order valence-corrected chi connectivity index (χ3v) is 4.54. The summed E-state index contributed by atoms with van der Waals surface area (Å²) in [7, 11) is 0. The average molecular weight is 380 g/mol. The Labute approximate surface area is 163 Å². The third kappa shape index (κ3) is 3.90. The van der Waals surface area contributed by atoms with Crippen molar-refractivity contribution in [1.82, 2.24) is 24.9 Å². The highest BCUT2D eigenvalue weighted by molar-refractivity contribution is 5.69. The molecule has 4 rings (SSSR count). The van der Waals surface area contributed by atoms with Crippen LogP contribution < -0.4 is 10.2 Å². The second-order valence-electron chi connectivity index (χ2n) is 7.92. The standard InChI is InChI=1S/C20H24N6O2/c1-20(2,3)28-19(27)23-15-9-10-25(12-15)17-11-16(14-7-5-4-6-8-14)24-18-21-13-22-26(17)18/h4-8,11,13,15H,9-10,12H2,1-3H3,(H,23,27). The summed E-state index contributed by atoms with van der Waals surface area (Å²) in [4.78, 5) is 23.2. The lowest BCUT2D eigenvalue weighted by atomic mass is 10.1. The van der Waals surface area contributed by atoms with Gasteiger partial charge in [-0.05, 0) is 27.2 Å². The molecule has 1 unspecified atom stereocenters. The number of amides is 1. The van der Waals surface area contributed by atoms with Crippen molar-refractivity contribution in [2.75, 3.05) is 18.0 Å². The molecule has 0 saturated carbocycles. The molecule has 3 aromatic rings. The maximum atomic E-state index is 12.1. The Hall–Kier alpha value is -3.16. The van der Waals surface area contributed by atoms with Crippen molar-refractivity contribution in [2.45, 2.75) is 38.8 Å². The van der Waals surface area contributed by atoms with Crippen LogP contribution in [0.15, 0.2) is 42.7 Å².